The van der Waals surface area contributed by atoms with Crippen LogP contribution in [0.4, 0.5) is 0 Å². The number of carbonyl (C=O) groups excluding carboxylic acids is 1. The number of aromatic nitrogens is 2. The number of thiophene rings is 1. The molecule has 1 aliphatic heterocycles. The van der Waals surface area contributed by atoms with Crippen LogP contribution in [0.5, 0.6) is 0 Å². The molecule has 0 aromatic carbocycles. The van der Waals surface area contributed by atoms with E-state index in [0.717, 1.165) is 55.4 Å². The highest BCUT2D eigenvalue weighted by molar-refractivity contribution is 7.12. The molecule has 1 aliphatic rings. The minimum Gasteiger partial charge on any atom is -0.337 e. The molecule has 0 spiro atoms. The second kappa shape index (κ2) is 6.84. The van der Waals surface area contributed by atoms with Crippen molar-refractivity contribution in [3.8, 4) is 0 Å². The van der Waals surface area contributed by atoms with Crippen LogP contribution in [0.15, 0.2) is 18.5 Å². The van der Waals surface area contributed by atoms with E-state index in [1.54, 1.807) is 11.3 Å². The van der Waals surface area contributed by atoms with Crippen molar-refractivity contribution in [1.82, 2.24) is 19.4 Å². The first-order valence-electron chi connectivity index (χ1n) is 8.09. The molecular formula is C17H24N4OS. The Morgan fingerprint density at radius 2 is 2.09 bits per heavy atom. The number of amides is 1. The number of carbonyl (C=O) groups is 1. The molecule has 0 radical (unpaired) electrons. The molecule has 3 heterocycles. The summed E-state index contributed by atoms with van der Waals surface area (Å²) in [5.41, 5.74) is 0.880. The van der Waals surface area contributed by atoms with E-state index >= 15 is 0 Å². The van der Waals surface area contributed by atoms with Gasteiger partial charge in [-0.2, -0.15) is 0 Å². The zero-order valence-corrected chi connectivity index (χ0v) is 14.9. The number of hydrogen-bond acceptors (Lipinski definition) is 4. The number of hydrogen-bond donors (Lipinski definition) is 0. The van der Waals surface area contributed by atoms with Gasteiger partial charge in [0.05, 0.1) is 12.1 Å². The van der Waals surface area contributed by atoms with Gasteiger partial charge in [-0.05, 0) is 26.3 Å². The smallest absolute Gasteiger partial charge is 0.255 e. The maximum absolute atomic E-state index is 12.8. The van der Waals surface area contributed by atoms with Crippen LogP contribution in [0.2, 0.25) is 0 Å². The number of aryl methyl sites for hydroxylation is 3. The second-order valence-electron chi connectivity index (χ2n) is 6.20. The van der Waals surface area contributed by atoms with Gasteiger partial charge in [0.15, 0.2) is 0 Å². The Morgan fingerprint density at radius 3 is 2.74 bits per heavy atom. The van der Waals surface area contributed by atoms with Crippen LogP contribution in [0.25, 0.3) is 0 Å². The van der Waals surface area contributed by atoms with Crippen molar-refractivity contribution in [3.63, 3.8) is 0 Å². The molecule has 1 amide bonds. The van der Waals surface area contributed by atoms with E-state index in [2.05, 4.69) is 21.4 Å². The Kier molecular flexibility index (Phi) is 4.82. The summed E-state index contributed by atoms with van der Waals surface area (Å²) in [6.07, 6.45) is 4.83. The highest BCUT2D eigenvalue weighted by Crippen LogP contribution is 2.22. The van der Waals surface area contributed by atoms with Crippen molar-refractivity contribution in [2.75, 3.05) is 26.2 Å². The first-order chi connectivity index (χ1) is 11.0. The first-order valence-corrected chi connectivity index (χ1v) is 8.91. The van der Waals surface area contributed by atoms with Crippen molar-refractivity contribution in [3.05, 3.63) is 39.6 Å². The summed E-state index contributed by atoms with van der Waals surface area (Å²) in [5.74, 6) is 1.26. The minimum atomic E-state index is 0.186. The van der Waals surface area contributed by atoms with Gasteiger partial charge in [-0.15, -0.1) is 11.3 Å². The van der Waals surface area contributed by atoms with Gasteiger partial charge in [-0.1, -0.05) is 0 Å². The summed E-state index contributed by atoms with van der Waals surface area (Å²) in [7, 11) is 2.03. The van der Waals surface area contributed by atoms with Gasteiger partial charge in [0.1, 0.15) is 5.82 Å². The molecule has 0 unspecified atom stereocenters. The number of nitrogens with zero attached hydrogens (tertiary/aromatic N) is 4. The van der Waals surface area contributed by atoms with Crippen LogP contribution >= 0.6 is 11.3 Å². The summed E-state index contributed by atoms with van der Waals surface area (Å²) in [5, 5.41) is 0. The van der Waals surface area contributed by atoms with Gasteiger partial charge in [-0.3, -0.25) is 9.69 Å². The molecule has 6 heteroatoms. The molecular weight excluding hydrogens is 308 g/mol. The van der Waals surface area contributed by atoms with Gasteiger partial charge >= 0.3 is 0 Å². The van der Waals surface area contributed by atoms with Crippen LogP contribution in [-0.4, -0.2) is 51.4 Å². The van der Waals surface area contributed by atoms with Crippen LogP contribution in [-0.2, 0) is 13.6 Å². The largest absolute Gasteiger partial charge is 0.337 e. The van der Waals surface area contributed by atoms with E-state index in [1.807, 2.05) is 37.3 Å². The first kappa shape index (κ1) is 16.2. The zero-order chi connectivity index (χ0) is 16.4. The fourth-order valence-corrected chi connectivity index (χ4v) is 4.01. The Hall–Kier alpha value is -1.66. The average Bonchev–Trinajstić information content (AvgIpc) is 2.96. The van der Waals surface area contributed by atoms with Gasteiger partial charge in [0.2, 0.25) is 0 Å². The summed E-state index contributed by atoms with van der Waals surface area (Å²) < 4.78 is 2.06. The maximum Gasteiger partial charge on any atom is 0.255 e. The highest BCUT2D eigenvalue weighted by Gasteiger charge is 2.23. The molecule has 1 saturated heterocycles. The minimum absolute atomic E-state index is 0.186. The SMILES string of the molecule is Cc1cc(C(=O)N2CCCN(Cc3nccn3C)CC2)c(C)s1. The van der Waals surface area contributed by atoms with E-state index in [-0.39, 0.29) is 5.91 Å². The fourth-order valence-electron chi connectivity index (χ4n) is 3.09. The normalized spacial score (nSPS) is 16.6. The van der Waals surface area contributed by atoms with E-state index in [1.165, 1.54) is 4.88 Å². The average molecular weight is 332 g/mol. The molecule has 0 atom stereocenters. The lowest BCUT2D eigenvalue weighted by Gasteiger charge is -2.22. The van der Waals surface area contributed by atoms with E-state index in [4.69, 9.17) is 0 Å². The zero-order valence-electron chi connectivity index (χ0n) is 14.1. The van der Waals surface area contributed by atoms with Crippen molar-refractivity contribution in [1.29, 1.82) is 0 Å². The van der Waals surface area contributed by atoms with Crippen molar-refractivity contribution < 1.29 is 4.79 Å². The monoisotopic (exact) mass is 332 g/mol. The maximum atomic E-state index is 12.8. The standard InChI is InChI=1S/C17H24N4OS/c1-13-11-15(14(2)23-13)17(22)21-7-4-6-20(9-10-21)12-16-18-5-8-19(16)3/h5,8,11H,4,6-7,9-10,12H2,1-3H3. The molecule has 0 N–H and O–H groups in total. The molecule has 0 bridgehead atoms. The fraction of sp³-hybridized carbons (Fsp3) is 0.529. The molecule has 0 aliphatic carbocycles. The van der Waals surface area contributed by atoms with E-state index in [0.29, 0.717) is 0 Å². The van der Waals surface area contributed by atoms with Gasteiger partial charge in [-0.25, -0.2) is 4.98 Å². The summed E-state index contributed by atoms with van der Waals surface area (Å²) >= 11 is 1.70. The van der Waals surface area contributed by atoms with Crippen LogP contribution in [0.3, 0.4) is 0 Å². The quantitative estimate of drug-likeness (QED) is 0.867. The Bertz CT molecular complexity index is 691. The molecule has 1 fully saturated rings. The predicted octanol–water partition coefficient (Wildman–Crippen LogP) is 2.45. The third-order valence-electron chi connectivity index (χ3n) is 4.43. The third kappa shape index (κ3) is 3.64. The second-order valence-corrected chi connectivity index (χ2v) is 7.66. The van der Waals surface area contributed by atoms with Crippen LogP contribution in [0, 0.1) is 13.8 Å². The third-order valence-corrected chi connectivity index (χ3v) is 5.40. The molecule has 124 valence electrons. The summed E-state index contributed by atoms with van der Waals surface area (Å²) in [6, 6.07) is 2.03. The number of imidazole rings is 1. The number of rotatable bonds is 3. The summed E-state index contributed by atoms with van der Waals surface area (Å²) in [6.45, 7) is 8.49. The Balaban J connectivity index is 1.63. The summed E-state index contributed by atoms with van der Waals surface area (Å²) in [4.78, 5) is 23.9. The molecule has 3 rings (SSSR count). The topological polar surface area (TPSA) is 41.4 Å². The Morgan fingerprint density at radius 1 is 1.26 bits per heavy atom. The molecule has 0 saturated carbocycles. The van der Waals surface area contributed by atoms with Crippen LogP contribution < -0.4 is 0 Å². The lowest BCUT2D eigenvalue weighted by molar-refractivity contribution is 0.0761. The van der Waals surface area contributed by atoms with Crippen LogP contribution in [0.1, 0.15) is 32.4 Å². The molecule has 23 heavy (non-hydrogen) atoms. The van der Waals surface area contributed by atoms with Crippen molar-refractivity contribution in [2.45, 2.75) is 26.8 Å². The van der Waals surface area contributed by atoms with Gasteiger partial charge in [0.25, 0.3) is 5.91 Å². The van der Waals surface area contributed by atoms with Crippen molar-refractivity contribution >= 4 is 17.2 Å². The van der Waals surface area contributed by atoms with E-state index in [9.17, 15) is 4.79 Å². The van der Waals surface area contributed by atoms with Crippen molar-refractivity contribution in [2.24, 2.45) is 7.05 Å². The van der Waals surface area contributed by atoms with E-state index < -0.39 is 0 Å². The molecule has 5 nitrogen and oxygen atoms in total. The van der Waals surface area contributed by atoms with Gasteiger partial charge in [0, 0.05) is 55.4 Å². The molecule has 2 aromatic rings. The lowest BCUT2D eigenvalue weighted by atomic mass is 10.2. The highest BCUT2D eigenvalue weighted by atomic mass is 32.1. The van der Waals surface area contributed by atoms with Gasteiger partial charge < -0.3 is 9.47 Å². The lowest BCUT2D eigenvalue weighted by Crippen LogP contribution is -2.35. The molecule has 2 aromatic heterocycles. The predicted molar refractivity (Wildman–Crippen MR) is 92.8 cm³/mol. The Labute approximate surface area is 141 Å².